The van der Waals surface area contributed by atoms with Gasteiger partial charge in [-0.3, -0.25) is 4.98 Å². The summed E-state index contributed by atoms with van der Waals surface area (Å²) in [6.45, 7) is 7.04. The molecular formula is C13H19N. The highest BCUT2D eigenvalue weighted by Crippen LogP contribution is 2.36. The van der Waals surface area contributed by atoms with Gasteiger partial charge in [-0.05, 0) is 42.2 Å². The Kier molecular flexibility index (Phi) is 2.34. The van der Waals surface area contributed by atoms with Gasteiger partial charge in [0, 0.05) is 11.9 Å². The molecule has 0 saturated heterocycles. The maximum atomic E-state index is 4.44. The maximum Gasteiger partial charge on any atom is 0.0435 e. The van der Waals surface area contributed by atoms with Crippen molar-refractivity contribution in [2.24, 2.45) is 11.3 Å². The van der Waals surface area contributed by atoms with Crippen LogP contribution in [0.5, 0.6) is 0 Å². The zero-order chi connectivity index (χ0) is 10.2. The lowest BCUT2D eigenvalue weighted by Gasteiger charge is -2.34. The zero-order valence-electron chi connectivity index (χ0n) is 9.38. The molecule has 1 nitrogen and oxygen atoms in total. The highest BCUT2D eigenvalue weighted by molar-refractivity contribution is 5.23. The third-order valence-electron chi connectivity index (χ3n) is 3.41. The molecule has 14 heavy (non-hydrogen) atoms. The Balaban J connectivity index is 2.22. The van der Waals surface area contributed by atoms with E-state index in [1.807, 2.05) is 6.20 Å². The topological polar surface area (TPSA) is 12.9 Å². The van der Waals surface area contributed by atoms with Crippen molar-refractivity contribution in [3.63, 3.8) is 0 Å². The van der Waals surface area contributed by atoms with Gasteiger partial charge in [0.1, 0.15) is 0 Å². The first-order valence-electron chi connectivity index (χ1n) is 5.50. The minimum Gasteiger partial charge on any atom is -0.261 e. The third-order valence-corrected chi connectivity index (χ3v) is 3.41. The average Bonchev–Trinajstić information content (AvgIpc) is 2.16. The number of rotatable bonds is 0. The van der Waals surface area contributed by atoms with E-state index in [1.165, 1.54) is 24.1 Å². The monoisotopic (exact) mass is 189 g/mol. The molecule has 1 aliphatic carbocycles. The molecule has 0 saturated carbocycles. The van der Waals surface area contributed by atoms with Crippen LogP contribution >= 0.6 is 0 Å². The van der Waals surface area contributed by atoms with Crippen molar-refractivity contribution in [3.8, 4) is 0 Å². The van der Waals surface area contributed by atoms with Crippen molar-refractivity contribution in [1.82, 2.24) is 4.98 Å². The van der Waals surface area contributed by atoms with Crippen LogP contribution in [0.15, 0.2) is 18.3 Å². The molecule has 1 heterocycles. The fourth-order valence-corrected chi connectivity index (χ4v) is 2.30. The molecule has 0 aromatic carbocycles. The summed E-state index contributed by atoms with van der Waals surface area (Å²) < 4.78 is 0. The van der Waals surface area contributed by atoms with Crippen LogP contribution in [0.1, 0.15) is 38.4 Å². The molecule has 0 aliphatic heterocycles. The molecule has 0 bridgehead atoms. The normalized spacial score (nSPS) is 21.8. The molecule has 76 valence electrons. The summed E-state index contributed by atoms with van der Waals surface area (Å²) in [6, 6.07) is 4.30. The number of aromatic nitrogens is 1. The molecule has 0 N–H and O–H groups in total. The van der Waals surface area contributed by atoms with Gasteiger partial charge in [0.05, 0.1) is 0 Å². The number of hydrogen-bond acceptors (Lipinski definition) is 1. The number of aryl methyl sites for hydroxylation is 1. The summed E-state index contributed by atoms with van der Waals surface area (Å²) >= 11 is 0. The summed E-state index contributed by atoms with van der Waals surface area (Å²) in [5.74, 6) is 0.819. The standard InChI is InChI=1S/C13H19N/c1-13(2,3)11-6-7-12-10(9-11)5-4-8-14-12/h4-5,8,11H,6-7,9H2,1-3H3/t11-/m1/s1. The van der Waals surface area contributed by atoms with Crippen LogP contribution < -0.4 is 0 Å². The van der Waals surface area contributed by atoms with E-state index >= 15 is 0 Å². The molecule has 2 rings (SSSR count). The Bertz CT molecular complexity index is 322. The van der Waals surface area contributed by atoms with Crippen molar-refractivity contribution in [2.75, 3.05) is 0 Å². The number of hydrogen-bond donors (Lipinski definition) is 0. The van der Waals surface area contributed by atoms with E-state index < -0.39 is 0 Å². The van der Waals surface area contributed by atoms with Crippen molar-refractivity contribution in [3.05, 3.63) is 29.6 Å². The zero-order valence-corrected chi connectivity index (χ0v) is 9.38. The number of pyridine rings is 1. The second-order valence-electron chi connectivity index (χ2n) is 5.41. The molecular weight excluding hydrogens is 170 g/mol. The van der Waals surface area contributed by atoms with Crippen LogP contribution in [0, 0.1) is 11.3 Å². The summed E-state index contributed by atoms with van der Waals surface area (Å²) in [6.07, 6.45) is 5.59. The van der Waals surface area contributed by atoms with Crippen molar-refractivity contribution < 1.29 is 0 Å². The van der Waals surface area contributed by atoms with Crippen molar-refractivity contribution >= 4 is 0 Å². The van der Waals surface area contributed by atoms with Gasteiger partial charge >= 0.3 is 0 Å². The van der Waals surface area contributed by atoms with E-state index in [2.05, 4.69) is 37.9 Å². The van der Waals surface area contributed by atoms with Gasteiger partial charge in [-0.2, -0.15) is 0 Å². The van der Waals surface area contributed by atoms with Gasteiger partial charge < -0.3 is 0 Å². The van der Waals surface area contributed by atoms with Gasteiger partial charge in [0.15, 0.2) is 0 Å². The number of nitrogens with zero attached hydrogens (tertiary/aromatic N) is 1. The summed E-state index contributed by atoms with van der Waals surface area (Å²) in [7, 11) is 0. The molecule has 1 heteroatoms. The Morgan fingerprint density at radius 3 is 2.86 bits per heavy atom. The van der Waals surface area contributed by atoms with Gasteiger partial charge in [0.2, 0.25) is 0 Å². The second-order valence-corrected chi connectivity index (χ2v) is 5.41. The van der Waals surface area contributed by atoms with Gasteiger partial charge in [0.25, 0.3) is 0 Å². The van der Waals surface area contributed by atoms with Crippen LogP contribution in [0.2, 0.25) is 0 Å². The number of fused-ring (bicyclic) bond motifs is 1. The summed E-state index contributed by atoms with van der Waals surface area (Å²) in [5, 5.41) is 0. The highest BCUT2D eigenvalue weighted by atomic mass is 14.7. The van der Waals surface area contributed by atoms with Gasteiger partial charge in [-0.15, -0.1) is 0 Å². The third kappa shape index (κ3) is 1.82. The Labute approximate surface area is 86.6 Å². The minimum atomic E-state index is 0.438. The first kappa shape index (κ1) is 9.70. The van der Waals surface area contributed by atoms with Crippen molar-refractivity contribution in [2.45, 2.75) is 40.0 Å². The predicted octanol–water partition coefficient (Wildman–Crippen LogP) is 3.23. The molecule has 0 radical (unpaired) electrons. The molecule has 0 fully saturated rings. The first-order valence-corrected chi connectivity index (χ1v) is 5.50. The summed E-state index contributed by atoms with van der Waals surface area (Å²) in [5.41, 5.74) is 3.24. The Morgan fingerprint density at radius 1 is 1.36 bits per heavy atom. The van der Waals surface area contributed by atoms with Crippen LogP contribution in [0.4, 0.5) is 0 Å². The smallest absolute Gasteiger partial charge is 0.0435 e. The first-order chi connectivity index (χ1) is 6.57. The Hall–Kier alpha value is -0.850. The molecule has 0 amide bonds. The minimum absolute atomic E-state index is 0.438. The molecule has 1 aliphatic rings. The van der Waals surface area contributed by atoms with E-state index in [1.54, 1.807) is 0 Å². The van der Waals surface area contributed by atoms with Crippen LogP contribution in [-0.4, -0.2) is 4.98 Å². The largest absolute Gasteiger partial charge is 0.261 e. The van der Waals surface area contributed by atoms with E-state index in [-0.39, 0.29) is 0 Å². The fraction of sp³-hybridized carbons (Fsp3) is 0.615. The average molecular weight is 189 g/mol. The summed E-state index contributed by atoms with van der Waals surface area (Å²) in [4.78, 5) is 4.44. The SMILES string of the molecule is CC(C)(C)[C@@H]1CCc2ncccc2C1. The molecule has 1 aromatic heterocycles. The van der Waals surface area contributed by atoms with Crippen LogP contribution in [0.3, 0.4) is 0 Å². The van der Waals surface area contributed by atoms with Gasteiger partial charge in [-0.25, -0.2) is 0 Å². The van der Waals surface area contributed by atoms with Crippen LogP contribution in [-0.2, 0) is 12.8 Å². The molecule has 1 atom stereocenters. The van der Waals surface area contributed by atoms with E-state index in [4.69, 9.17) is 0 Å². The highest BCUT2D eigenvalue weighted by Gasteiger charge is 2.28. The Morgan fingerprint density at radius 2 is 2.14 bits per heavy atom. The van der Waals surface area contributed by atoms with E-state index in [0.29, 0.717) is 5.41 Å². The molecule has 0 spiro atoms. The van der Waals surface area contributed by atoms with Gasteiger partial charge in [-0.1, -0.05) is 26.8 Å². The fourth-order valence-electron chi connectivity index (χ4n) is 2.30. The molecule has 0 unspecified atom stereocenters. The molecule has 1 aromatic rings. The lowest BCUT2D eigenvalue weighted by molar-refractivity contribution is 0.215. The second kappa shape index (κ2) is 3.38. The van der Waals surface area contributed by atoms with Crippen LogP contribution in [0.25, 0.3) is 0 Å². The predicted molar refractivity (Wildman–Crippen MR) is 59.2 cm³/mol. The lowest BCUT2D eigenvalue weighted by Crippen LogP contribution is -2.27. The van der Waals surface area contributed by atoms with E-state index in [0.717, 1.165) is 12.3 Å². The van der Waals surface area contributed by atoms with Crippen molar-refractivity contribution in [1.29, 1.82) is 0 Å². The quantitative estimate of drug-likeness (QED) is 0.610. The lowest BCUT2D eigenvalue weighted by atomic mass is 9.71. The van der Waals surface area contributed by atoms with E-state index in [9.17, 15) is 0 Å². The maximum absolute atomic E-state index is 4.44.